The lowest BCUT2D eigenvalue weighted by Crippen LogP contribution is -2.28. The van der Waals surface area contributed by atoms with Gasteiger partial charge in [0.1, 0.15) is 6.61 Å². The number of nitro groups is 1. The molecule has 5 nitrogen and oxygen atoms in total. The summed E-state index contributed by atoms with van der Waals surface area (Å²) in [6, 6.07) is 5.11. The number of nitrogens with zero attached hydrogens (tertiary/aromatic N) is 1. The molecule has 2 rings (SSSR count). The second-order valence-corrected chi connectivity index (χ2v) is 4.80. The van der Waals surface area contributed by atoms with Gasteiger partial charge in [0.2, 0.25) is 5.75 Å². The van der Waals surface area contributed by atoms with Crippen molar-refractivity contribution in [2.45, 2.75) is 18.9 Å². The Hall–Kier alpha value is -1.14. The van der Waals surface area contributed by atoms with Crippen LogP contribution in [0.25, 0.3) is 0 Å². The highest BCUT2D eigenvalue weighted by molar-refractivity contribution is 9.10. The van der Waals surface area contributed by atoms with E-state index in [1.165, 1.54) is 6.07 Å². The average molecular weight is 301 g/mol. The Morgan fingerprint density at radius 3 is 3.06 bits per heavy atom. The minimum Gasteiger partial charge on any atom is -0.484 e. The summed E-state index contributed by atoms with van der Waals surface area (Å²) in [4.78, 5) is 10.4. The highest BCUT2D eigenvalue weighted by Crippen LogP contribution is 2.34. The van der Waals surface area contributed by atoms with Crippen molar-refractivity contribution in [2.24, 2.45) is 0 Å². The fraction of sp³-hybridized carbons (Fsp3) is 0.455. The van der Waals surface area contributed by atoms with Crippen LogP contribution in [0.5, 0.6) is 5.75 Å². The normalized spacial score (nSPS) is 19.2. The summed E-state index contributed by atoms with van der Waals surface area (Å²) >= 11 is 3.28. The molecule has 92 valence electrons. The molecular weight excluding hydrogens is 288 g/mol. The van der Waals surface area contributed by atoms with Gasteiger partial charge in [-0.3, -0.25) is 10.1 Å². The van der Waals surface area contributed by atoms with Gasteiger partial charge in [-0.05, 0) is 41.4 Å². The van der Waals surface area contributed by atoms with Gasteiger partial charge in [-0.15, -0.1) is 0 Å². The van der Waals surface area contributed by atoms with E-state index in [-0.39, 0.29) is 5.69 Å². The van der Waals surface area contributed by atoms with Crippen LogP contribution in [0, 0.1) is 10.1 Å². The molecule has 0 radical (unpaired) electrons. The SMILES string of the molecule is O=[N+]([O-])c1cccc(Br)c1OCC1CCCN1. The maximum Gasteiger partial charge on any atom is 0.312 e. The molecule has 0 bridgehead atoms. The van der Waals surface area contributed by atoms with Crippen molar-refractivity contribution in [3.8, 4) is 5.75 Å². The fourth-order valence-corrected chi connectivity index (χ4v) is 2.34. The minimum atomic E-state index is -0.428. The third-order valence-electron chi connectivity index (χ3n) is 2.73. The zero-order chi connectivity index (χ0) is 12.3. The summed E-state index contributed by atoms with van der Waals surface area (Å²) < 4.78 is 6.18. The monoisotopic (exact) mass is 300 g/mol. The van der Waals surface area contributed by atoms with Gasteiger partial charge < -0.3 is 10.1 Å². The second kappa shape index (κ2) is 5.46. The van der Waals surface area contributed by atoms with E-state index in [2.05, 4.69) is 21.2 Å². The van der Waals surface area contributed by atoms with Crippen molar-refractivity contribution in [1.82, 2.24) is 5.32 Å². The fourth-order valence-electron chi connectivity index (χ4n) is 1.87. The summed E-state index contributed by atoms with van der Waals surface area (Å²) in [6.45, 7) is 1.45. The smallest absolute Gasteiger partial charge is 0.312 e. The van der Waals surface area contributed by atoms with Crippen LogP contribution in [0.1, 0.15) is 12.8 Å². The van der Waals surface area contributed by atoms with E-state index in [0.29, 0.717) is 22.9 Å². The van der Waals surface area contributed by atoms with Crippen molar-refractivity contribution < 1.29 is 9.66 Å². The highest BCUT2D eigenvalue weighted by atomic mass is 79.9. The Morgan fingerprint density at radius 1 is 1.59 bits per heavy atom. The molecule has 0 aromatic heterocycles. The van der Waals surface area contributed by atoms with Crippen molar-refractivity contribution >= 4 is 21.6 Å². The van der Waals surface area contributed by atoms with Crippen molar-refractivity contribution in [2.75, 3.05) is 13.2 Å². The van der Waals surface area contributed by atoms with Crippen LogP contribution in [-0.2, 0) is 0 Å². The van der Waals surface area contributed by atoms with Gasteiger partial charge in [-0.25, -0.2) is 0 Å². The van der Waals surface area contributed by atoms with Crippen molar-refractivity contribution in [1.29, 1.82) is 0 Å². The number of hydrogen-bond acceptors (Lipinski definition) is 4. The van der Waals surface area contributed by atoms with Gasteiger partial charge in [0.15, 0.2) is 0 Å². The van der Waals surface area contributed by atoms with Crippen LogP contribution >= 0.6 is 15.9 Å². The van der Waals surface area contributed by atoms with Crippen molar-refractivity contribution in [3.63, 3.8) is 0 Å². The zero-order valence-electron chi connectivity index (χ0n) is 9.19. The molecule has 1 aromatic rings. The Morgan fingerprint density at radius 2 is 2.41 bits per heavy atom. The molecule has 1 heterocycles. The number of rotatable bonds is 4. The van der Waals surface area contributed by atoms with Gasteiger partial charge in [-0.1, -0.05) is 6.07 Å². The minimum absolute atomic E-state index is 0.00243. The maximum absolute atomic E-state index is 10.9. The van der Waals surface area contributed by atoms with Crippen LogP contribution in [0.3, 0.4) is 0 Å². The molecule has 1 N–H and O–H groups in total. The van der Waals surface area contributed by atoms with E-state index in [4.69, 9.17) is 4.74 Å². The summed E-state index contributed by atoms with van der Waals surface area (Å²) in [6.07, 6.45) is 2.18. The number of hydrogen-bond donors (Lipinski definition) is 1. The average Bonchev–Trinajstić information content (AvgIpc) is 2.80. The topological polar surface area (TPSA) is 64.4 Å². The van der Waals surface area contributed by atoms with E-state index < -0.39 is 4.92 Å². The predicted octanol–water partition coefficient (Wildman–Crippen LogP) is 2.49. The number of benzene rings is 1. The van der Waals surface area contributed by atoms with Crippen LogP contribution in [-0.4, -0.2) is 24.1 Å². The van der Waals surface area contributed by atoms with Crippen LogP contribution in [0.2, 0.25) is 0 Å². The van der Waals surface area contributed by atoms with Gasteiger partial charge in [0.25, 0.3) is 0 Å². The standard InChI is InChI=1S/C11H13BrN2O3/c12-9-4-1-5-10(14(15)16)11(9)17-7-8-3-2-6-13-8/h1,4-5,8,13H,2-3,6-7H2. The molecule has 0 spiro atoms. The third-order valence-corrected chi connectivity index (χ3v) is 3.36. The Labute approximate surface area is 107 Å². The summed E-state index contributed by atoms with van der Waals surface area (Å²) in [5.74, 6) is 0.311. The molecule has 1 atom stereocenters. The number of ether oxygens (including phenoxy) is 1. The quantitative estimate of drug-likeness (QED) is 0.685. The molecule has 6 heteroatoms. The van der Waals surface area contributed by atoms with E-state index in [1.807, 2.05) is 0 Å². The van der Waals surface area contributed by atoms with E-state index in [0.717, 1.165) is 19.4 Å². The highest BCUT2D eigenvalue weighted by Gasteiger charge is 2.20. The van der Waals surface area contributed by atoms with Gasteiger partial charge >= 0.3 is 5.69 Å². The lowest BCUT2D eigenvalue weighted by molar-refractivity contribution is -0.386. The molecule has 1 aliphatic heterocycles. The molecule has 0 saturated carbocycles. The van der Waals surface area contributed by atoms with Gasteiger partial charge in [0, 0.05) is 12.1 Å². The number of nitro benzene ring substituents is 1. The maximum atomic E-state index is 10.9. The Bertz CT molecular complexity index is 419. The largest absolute Gasteiger partial charge is 0.484 e. The van der Waals surface area contributed by atoms with E-state index in [1.54, 1.807) is 12.1 Å². The molecule has 0 amide bonds. The molecule has 1 aliphatic rings. The molecule has 1 saturated heterocycles. The Balaban J connectivity index is 2.10. The first-order chi connectivity index (χ1) is 8.18. The predicted molar refractivity (Wildman–Crippen MR) is 67.3 cm³/mol. The van der Waals surface area contributed by atoms with Crippen molar-refractivity contribution in [3.05, 3.63) is 32.8 Å². The van der Waals surface area contributed by atoms with Gasteiger partial charge in [-0.2, -0.15) is 0 Å². The first-order valence-corrected chi connectivity index (χ1v) is 6.27. The lowest BCUT2D eigenvalue weighted by Gasteiger charge is -2.13. The molecular formula is C11H13BrN2O3. The number of nitrogens with one attached hydrogen (secondary N) is 1. The Kier molecular flexibility index (Phi) is 3.96. The van der Waals surface area contributed by atoms with Gasteiger partial charge in [0.05, 0.1) is 9.40 Å². The van der Waals surface area contributed by atoms with Crippen LogP contribution in [0.4, 0.5) is 5.69 Å². The van der Waals surface area contributed by atoms with E-state index >= 15 is 0 Å². The summed E-state index contributed by atoms with van der Waals surface area (Å²) in [5.41, 5.74) is -0.00243. The van der Waals surface area contributed by atoms with Crippen LogP contribution in [0.15, 0.2) is 22.7 Å². The molecule has 1 fully saturated rings. The number of para-hydroxylation sites is 1. The molecule has 1 aromatic carbocycles. The zero-order valence-corrected chi connectivity index (χ0v) is 10.8. The third kappa shape index (κ3) is 2.95. The second-order valence-electron chi connectivity index (χ2n) is 3.95. The molecule has 17 heavy (non-hydrogen) atoms. The molecule has 1 unspecified atom stereocenters. The van der Waals surface area contributed by atoms with Crippen LogP contribution < -0.4 is 10.1 Å². The molecule has 0 aliphatic carbocycles. The first-order valence-electron chi connectivity index (χ1n) is 5.47. The lowest BCUT2D eigenvalue weighted by atomic mass is 10.2. The first kappa shape index (κ1) is 12.3. The number of halogens is 1. The summed E-state index contributed by atoms with van der Waals surface area (Å²) in [7, 11) is 0. The van der Waals surface area contributed by atoms with E-state index in [9.17, 15) is 10.1 Å². The summed E-state index contributed by atoms with van der Waals surface area (Å²) in [5, 5.41) is 14.1.